The summed E-state index contributed by atoms with van der Waals surface area (Å²) in [6.45, 7) is 19.9. The molecule has 1 fully saturated rings. The average Bonchev–Trinajstić information content (AvgIpc) is 3.40. The molecule has 0 saturated carbocycles. The maximum Gasteiger partial charge on any atom is 0.340 e. The van der Waals surface area contributed by atoms with Gasteiger partial charge >= 0.3 is 8.56 Å². The third kappa shape index (κ3) is 6.94. The number of anilines is 1. The van der Waals surface area contributed by atoms with E-state index in [-0.39, 0.29) is 40.6 Å². The Hall–Kier alpha value is -1.46. The second-order valence-electron chi connectivity index (χ2n) is 12.0. The number of hydrogen-bond acceptors (Lipinski definition) is 9. The molecule has 0 bridgehead atoms. The van der Waals surface area contributed by atoms with Crippen LogP contribution in [0.5, 0.6) is 0 Å². The quantitative estimate of drug-likeness (QED) is 0.227. The first kappa shape index (κ1) is 33.1. The molecule has 2 aromatic rings. The molecule has 40 heavy (non-hydrogen) atoms. The van der Waals surface area contributed by atoms with Crippen LogP contribution in [0.2, 0.25) is 27.3 Å². The van der Waals surface area contributed by atoms with Gasteiger partial charge in [-0.1, -0.05) is 80.8 Å². The van der Waals surface area contributed by atoms with Crippen LogP contribution in [0, 0.1) is 5.92 Å². The summed E-state index contributed by atoms with van der Waals surface area (Å²) < 4.78 is 20.9. The maximum atomic E-state index is 12.3. The predicted molar refractivity (Wildman–Crippen MR) is 159 cm³/mol. The summed E-state index contributed by atoms with van der Waals surface area (Å²) in [6.07, 6.45) is -1.87. The highest BCUT2D eigenvalue weighted by molar-refractivity contribution is 6.68. The van der Waals surface area contributed by atoms with Crippen molar-refractivity contribution in [1.29, 1.82) is 0 Å². The lowest BCUT2D eigenvalue weighted by molar-refractivity contribution is -0.118. The molecule has 3 heterocycles. The summed E-state index contributed by atoms with van der Waals surface area (Å²) in [7, 11) is -4.43. The van der Waals surface area contributed by atoms with Crippen LogP contribution in [0.4, 0.5) is 5.95 Å². The molecular formula is C26H45ClN5O6Si2. The van der Waals surface area contributed by atoms with E-state index in [1.54, 1.807) is 18.4 Å². The number of imidazole rings is 1. The molecule has 0 aromatic carbocycles. The van der Waals surface area contributed by atoms with Gasteiger partial charge in [0, 0.05) is 5.92 Å². The van der Waals surface area contributed by atoms with Crippen molar-refractivity contribution in [3.63, 3.8) is 0 Å². The molecule has 0 aliphatic carbocycles. The molecule has 0 spiro atoms. The van der Waals surface area contributed by atoms with Crippen LogP contribution >= 0.6 is 11.6 Å². The lowest BCUT2D eigenvalue weighted by Crippen LogP contribution is -2.49. The summed E-state index contributed by atoms with van der Waals surface area (Å²) in [5.74, 6) is -0.500. The molecule has 225 valence electrons. The SMILES string of the molecule is CC(C)C(=O)Nc1nc(Cl)c2ncn([C@@H]3O[C@H](CO[Si](O)(C(C)C)C(C)C)C(O[Si](C(C)C)C(C)C)C3O)c2n1. The number of nitrogens with zero attached hydrogens (tertiary/aromatic N) is 4. The monoisotopic (exact) mass is 614 g/mol. The third-order valence-corrected chi connectivity index (χ3v) is 14.3. The van der Waals surface area contributed by atoms with Crippen molar-refractivity contribution in [2.24, 2.45) is 5.92 Å². The smallest absolute Gasteiger partial charge is 0.340 e. The lowest BCUT2D eigenvalue weighted by Gasteiger charge is -2.35. The van der Waals surface area contributed by atoms with Crippen LogP contribution in [0.15, 0.2) is 6.33 Å². The first-order valence-electron chi connectivity index (χ1n) is 14.0. The van der Waals surface area contributed by atoms with Crippen LogP contribution in [0.3, 0.4) is 0 Å². The van der Waals surface area contributed by atoms with Crippen molar-refractivity contribution in [2.75, 3.05) is 11.9 Å². The minimum absolute atomic E-state index is 0.0316. The van der Waals surface area contributed by atoms with Gasteiger partial charge in [-0.3, -0.25) is 14.7 Å². The van der Waals surface area contributed by atoms with Gasteiger partial charge in [0.15, 0.2) is 17.0 Å². The number of rotatable bonds is 12. The lowest BCUT2D eigenvalue weighted by atomic mass is 10.1. The van der Waals surface area contributed by atoms with Crippen molar-refractivity contribution in [1.82, 2.24) is 19.5 Å². The third-order valence-electron chi connectivity index (χ3n) is 7.27. The molecule has 4 atom stereocenters. The van der Waals surface area contributed by atoms with E-state index in [0.29, 0.717) is 22.2 Å². The molecule has 1 aliphatic heterocycles. The van der Waals surface area contributed by atoms with Gasteiger partial charge < -0.3 is 23.5 Å². The number of amides is 1. The number of ether oxygens (including phenoxy) is 1. The minimum atomic E-state index is -3.09. The van der Waals surface area contributed by atoms with Crippen LogP contribution in [-0.4, -0.2) is 77.8 Å². The summed E-state index contributed by atoms with van der Waals surface area (Å²) in [4.78, 5) is 36.6. The molecule has 1 aliphatic rings. The number of aromatic nitrogens is 4. The Morgan fingerprint density at radius 3 is 2.25 bits per heavy atom. The summed E-state index contributed by atoms with van der Waals surface area (Å²) in [5.41, 5.74) is 1.14. The van der Waals surface area contributed by atoms with Gasteiger partial charge in [0.25, 0.3) is 0 Å². The van der Waals surface area contributed by atoms with Gasteiger partial charge in [-0.05, 0) is 22.2 Å². The van der Waals surface area contributed by atoms with Crippen LogP contribution in [-0.2, 0) is 18.4 Å². The van der Waals surface area contributed by atoms with Crippen molar-refractivity contribution in [3.8, 4) is 0 Å². The van der Waals surface area contributed by atoms with Crippen molar-refractivity contribution < 1.29 is 28.3 Å². The second-order valence-corrected chi connectivity index (χ2v) is 19.8. The first-order valence-corrected chi connectivity index (χ1v) is 18.0. The van der Waals surface area contributed by atoms with E-state index in [2.05, 4.69) is 48.0 Å². The second kappa shape index (κ2) is 13.2. The van der Waals surface area contributed by atoms with Crippen LogP contribution in [0.1, 0.15) is 75.5 Å². The van der Waals surface area contributed by atoms with Crippen LogP contribution in [0.25, 0.3) is 11.2 Å². The van der Waals surface area contributed by atoms with E-state index in [1.807, 2.05) is 27.7 Å². The van der Waals surface area contributed by atoms with E-state index in [0.717, 1.165) is 0 Å². The molecule has 1 saturated heterocycles. The predicted octanol–water partition coefficient (Wildman–Crippen LogP) is 4.80. The fourth-order valence-corrected chi connectivity index (χ4v) is 10.0. The molecular weight excluding hydrogens is 570 g/mol. The number of halogens is 1. The van der Waals surface area contributed by atoms with Crippen molar-refractivity contribution >= 4 is 52.2 Å². The van der Waals surface area contributed by atoms with E-state index < -0.39 is 42.1 Å². The number of carbonyl (C=O) groups is 1. The summed E-state index contributed by atoms with van der Waals surface area (Å²) in [6, 6.07) is 0. The fraction of sp³-hybridized carbons (Fsp3) is 0.769. The minimum Gasteiger partial charge on any atom is -0.410 e. The molecule has 2 unspecified atom stereocenters. The van der Waals surface area contributed by atoms with Gasteiger partial charge in [0.05, 0.1) is 12.9 Å². The number of fused-ring (bicyclic) bond motifs is 1. The van der Waals surface area contributed by atoms with E-state index in [9.17, 15) is 14.7 Å². The topological polar surface area (TPSA) is 141 Å². The number of nitrogens with one attached hydrogen (secondary N) is 1. The highest BCUT2D eigenvalue weighted by Gasteiger charge is 2.50. The first-order chi connectivity index (χ1) is 18.6. The maximum absolute atomic E-state index is 12.3. The zero-order chi connectivity index (χ0) is 30.1. The van der Waals surface area contributed by atoms with Gasteiger partial charge in [-0.25, -0.2) is 4.98 Å². The van der Waals surface area contributed by atoms with E-state index >= 15 is 0 Å². The summed E-state index contributed by atoms with van der Waals surface area (Å²) in [5, 5.41) is 14.4. The van der Waals surface area contributed by atoms with Gasteiger partial charge in [-0.15, -0.1) is 0 Å². The Morgan fingerprint density at radius 2 is 1.73 bits per heavy atom. The zero-order valence-corrected chi connectivity index (χ0v) is 27.9. The van der Waals surface area contributed by atoms with E-state index in [1.165, 1.54) is 6.33 Å². The van der Waals surface area contributed by atoms with Crippen LogP contribution < -0.4 is 5.32 Å². The fourth-order valence-electron chi connectivity index (χ4n) is 4.92. The molecule has 14 heteroatoms. The molecule has 1 radical (unpaired) electrons. The van der Waals surface area contributed by atoms with Gasteiger partial charge in [0.1, 0.15) is 23.8 Å². The van der Waals surface area contributed by atoms with Crippen molar-refractivity contribution in [2.45, 2.75) is 116 Å². The Balaban J connectivity index is 1.99. The summed E-state index contributed by atoms with van der Waals surface area (Å²) >= 11 is 6.39. The Labute approximate surface area is 245 Å². The normalized spacial score (nSPS) is 22.3. The molecule has 3 N–H and O–H groups in total. The number of hydrogen-bond donors (Lipinski definition) is 3. The zero-order valence-electron chi connectivity index (χ0n) is 25.2. The molecule has 2 aromatic heterocycles. The molecule has 1 amide bonds. The highest BCUT2D eigenvalue weighted by atomic mass is 35.5. The molecule has 3 rings (SSSR count). The van der Waals surface area contributed by atoms with E-state index in [4.69, 9.17) is 25.2 Å². The molecule has 11 nitrogen and oxygen atoms in total. The number of aliphatic hydroxyl groups excluding tert-OH is 1. The van der Waals surface area contributed by atoms with Gasteiger partial charge in [-0.2, -0.15) is 9.97 Å². The van der Waals surface area contributed by atoms with Crippen molar-refractivity contribution in [3.05, 3.63) is 11.5 Å². The number of carbonyl (C=O) groups excluding carboxylic acids is 1. The Morgan fingerprint density at radius 1 is 1.12 bits per heavy atom. The van der Waals surface area contributed by atoms with Gasteiger partial charge in [0.2, 0.25) is 20.9 Å². The largest absolute Gasteiger partial charge is 0.410 e. The highest BCUT2D eigenvalue weighted by Crippen LogP contribution is 2.38. The number of aliphatic hydroxyl groups is 1. The Bertz CT molecular complexity index is 1150. The standard InChI is InChI=1S/C26H45ClN5O6Si2/c1-13(2)24(34)31-26-29-22(27)19-23(30-26)32(12-28-19)25-20(33)21(38-39(14(3)4)15(5)6)18(37-25)11-36-40(35,16(7)8)17(9)10/h12-18,20-21,25,33,35H,11H2,1-10H3,(H,29,30,31,34)/t18-,20?,21?,25-/m1/s1. The average molecular weight is 615 g/mol. The Kier molecular flexibility index (Phi) is 10.9.